The molecule has 0 aromatic heterocycles. The molecule has 0 fully saturated rings. The monoisotopic (exact) mass is 604 g/mol. The van der Waals surface area contributed by atoms with Crippen molar-refractivity contribution in [3.63, 3.8) is 0 Å². The van der Waals surface area contributed by atoms with Crippen LogP contribution in [0.25, 0.3) is 0 Å². The molecule has 18 heavy (non-hydrogen) atoms. The Balaban J connectivity index is -0.000000562. The topological polar surface area (TPSA) is 17.1 Å². The number of hydrogen-bond donors (Lipinski definition) is 0. The van der Waals surface area contributed by atoms with Gasteiger partial charge in [-0.1, -0.05) is 60.7 Å². The van der Waals surface area contributed by atoms with Crippen LogP contribution in [0.5, 0.6) is 0 Å². The van der Waals surface area contributed by atoms with E-state index in [1.54, 1.807) is 0 Å². The summed E-state index contributed by atoms with van der Waals surface area (Å²) in [5.74, 6) is 0.0752. The second-order valence-corrected chi connectivity index (χ2v) is 3.06. The summed E-state index contributed by atoms with van der Waals surface area (Å²) in [4.78, 5) is 11.8. The summed E-state index contributed by atoms with van der Waals surface area (Å²) in [7, 11) is 0. The molecule has 2 aromatic carbocycles. The standard InChI is InChI=1S/C13H10O.H2I.2HI.K/c14-13(11-7-3-1-4-8-11)12-9-5-2-6-10-12;;;;/h1-10H;1H2;2*1H;/q;+1;;;+1/p-2. The minimum absolute atomic E-state index is 0. The molecule has 0 spiro atoms. The van der Waals surface area contributed by atoms with Crippen molar-refractivity contribution in [3.8, 4) is 0 Å². The molecule has 0 aliphatic rings. The smallest absolute Gasteiger partial charge is 1.00 e. The Morgan fingerprint density at radius 2 is 0.944 bits per heavy atom. The van der Waals surface area contributed by atoms with Gasteiger partial charge in [-0.3, -0.25) is 4.79 Å². The predicted molar refractivity (Wildman–Crippen MR) is 59.1 cm³/mol. The Morgan fingerprint density at radius 3 is 1.22 bits per heavy atom. The molecule has 2 aromatic rings. The van der Waals surface area contributed by atoms with Gasteiger partial charge in [-0.25, -0.2) is 0 Å². The fourth-order valence-electron chi connectivity index (χ4n) is 1.35. The zero-order valence-corrected chi connectivity index (χ0v) is 19.9. The molecular weight excluding hydrogens is 592 g/mol. The molecule has 0 atom stereocenters. The van der Waals surface area contributed by atoms with Crippen LogP contribution in [0.4, 0.5) is 0 Å². The summed E-state index contributed by atoms with van der Waals surface area (Å²) in [5, 5.41) is 0. The van der Waals surface area contributed by atoms with Gasteiger partial charge in [-0.15, -0.1) is 0 Å². The molecule has 0 amide bonds. The van der Waals surface area contributed by atoms with Crippen molar-refractivity contribution in [1.82, 2.24) is 0 Å². The first-order chi connectivity index (χ1) is 6.88. The van der Waals surface area contributed by atoms with Crippen molar-refractivity contribution in [1.29, 1.82) is 0 Å². The maximum absolute atomic E-state index is 11.8. The Kier molecular flexibility index (Phi) is 19.2. The Morgan fingerprint density at radius 1 is 0.667 bits per heavy atom. The number of carbonyl (C=O) groups is 1. The molecule has 2 rings (SSSR count). The van der Waals surface area contributed by atoms with Crippen LogP contribution in [0, 0.1) is 0 Å². The summed E-state index contributed by atoms with van der Waals surface area (Å²) < 4.78 is 0. The normalized spacial score (nSPS) is 7.56. The molecular formula is C13H12I3KO. The van der Waals surface area contributed by atoms with E-state index >= 15 is 0 Å². The SMILES string of the molecule is O=C(c1ccccc1)c1ccccc1.[I-].[I-].[IH2+].[K+]. The summed E-state index contributed by atoms with van der Waals surface area (Å²) in [6, 6.07) is 18.6. The van der Waals surface area contributed by atoms with E-state index in [0.717, 1.165) is 11.1 Å². The van der Waals surface area contributed by atoms with E-state index < -0.39 is 0 Å². The minimum Gasteiger partial charge on any atom is -1.00 e. The van der Waals surface area contributed by atoms with Crippen molar-refractivity contribution >= 4 is 5.78 Å². The minimum atomic E-state index is 0. The number of carbonyl (C=O) groups excluding carboxylic acids is 1. The van der Waals surface area contributed by atoms with Crippen LogP contribution in [0.1, 0.15) is 15.9 Å². The van der Waals surface area contributed by atoms with E-state index in [-0.39, 0.29) is 129 Å². The Bertz CT molecular complexity index is 393. The number of rotatable bonds is 2. The first-order valence-electron chi connectivity index (χ1n) is 4.53. The maximum Gasteiger partial charge on any atom is 1.00 e. The molecule has 1 nitrogen and oxygen atoms in total. The van der Waals surface area contributed by atoms with Crippen LogP contribution in [-0.4, -0.2) is 5.78 Å². The van der Waals surface area contributed by atoms with Gasteiger partial charge in [0.1, 0.15) is 0 Å². The van der Waals surface area contributed by atoms with Gasteiger partial charge in [0.05, 0.1) is 0 Å². The van der Waals surface area contributed by atoms with Crippen LogP contribution in [-0.2, 0) is 0 Å². The van der Waals surface area contributed by atoms with E-state index in [1.165, 1.54) is 0 Å². The molecule has 0 aliphatic heterocycles. The van der Waals surface area contributed by atoms with Gasteiger partial charge < -0.3 is 48.0 Å². The van der Waals surface area contributed by atoms with E-state index in [4.69, 9.17) is 0 Å². The molecule has 0 heterocycles. The van der Waals surface area contributed by atoms with Crippen LogP contribution < -0.4 is 123 Å². The fraction of sp³-hybridized carbons (Fsp3) is 0. The van der Waals surface area contributed by atoms with Crippen molar-refractivity contribution in [2.75, 3.05) is 0 Å². The van der Waals surface area contributed by atoms with Crippen LogP contribution in [0.15, 0.2) is 60.7 Å². The molecule has 0 radical (unpaired) electrons. The van der Waals surface area contributed by atoms with Crippen LogP contribution in [0.2, 0.25) is 0 Å². The summed E-state index contributed by atoms with van der Waals surface area (Å²) in [5.41, 5.74) is 1.47. The van der Waals surface area contributed by atoms with Gasteiger partial charge in [0.2, 0.25) is 24.0 Å². The van der Waals surface area contributed by atoms with Crippen molar-refractivity contribution in [3.05, 3.63) is 71.8 Å². The average molecular weight is 604 g/mol. The molecule has 0 bridgehead atoms. The second-order valence-electron chi connectivity index (χ2n) is 3.06. The molecule has 0 N–H and O–H groups in total. The molecule has 0 saturated heterocycles. The third kappa shape index (κ3) is 7.65. The zero-order valence-electron chi connectivity index (χ0n) is 9.88. The third-order valence-corrected chi connectivity index (χ3v) is 2.07. The predicted octanol–water partition coefficient (Wildman–Crippen LogP) is -9.60. The third-order valence-electron chi connectivity index (χ3n) is 2.07. The van der Waals surface area contributed by atoms with Gasteiger partial charge in [-0.05, 0) is 0 Å². The van der Waals surface area contributed by atoms with Crippen LogP contribution in [0.3, 0.4) is 0 Å². The van der Waals surface area contributed by atoms with E-state index in [0.29, 0.717) is 0 Å². The number of halogens is 3. The quantitative estimate of drug-likeness (QED) is 0.190. The first kappa shape index (κ1) is 24.9. The van der Waals surface area contributed by atoms with Gasteiger partial charge in [0, 0.05) is 11.1 Å². The molecule has 92 valence electrons. The fourth-order valence-corrected chi connectivity index (χ4v) is 1.35. The largest absolute Gasteiger partial charge is 1.00 e. The first-order valence-corrected chi connectivity index (χ1v) is 4.53. The molecule has 0 saturated carbocycles. The van der Waals surface area contributed by atoms with Gasteiger partial charge in [0.15, 0.2) is 5.78 Å². The van der Waals surface area contributed by atoms with Gasteiger partial charge in [-0.2, -0.15) is 0 Å². The van der Waals surface area contributed by atoms with Crippen molar-refractivity contribution in [2.24, 2.45) is 0 Å². The zero-order chi connectivity index (χ0) is 9.80. The average Bonchev–Trinajstić information content (AvgIpc) is 2.30. The number of benzene rings is 2. The van der Waals surface area contributed by atoms with E-state index in [2.05, 4.69) is 0 Å². The molecule has 0 aliphatic carbocycles. The van der Waals surface area contributed by atoms with Crippen LogP contribution >= 0.6 is 0 Å². The Hall–Kier alpha value is 1.94. The van der Waals surface area contributed by atoms with Crippen molar-refractivity contribution in [2.45, 2.75) is 0 Å². The van der Waals surface area contributed by atoms with Gasteiger partial charge in [0.25, 0.3) is 0 Å². The van der Waals surface area contributed by atoms with Gasteiger partial charge >= 0.3 is 51.4 Å². The summed E-state index contributed by atoms with van der Waals surface area (Å²) in [6.07, 6.45) is 0. The number of hydrogen-bond acceptors (Lipinski definition) is 1. The molecule has 0 unspecified atom stereocenters. The van der Waals surface area contributed by atoms with E-state index in [9.17, 15) is 4.79 Å². The summed E-state index contributed by atoms with van der Waals surface area (Å²) >= 11 is 0. The van der Waals surface area contributed by atoms with E-state index in [1.807, 2.05) is 60.7 Å². The summed E-state index contributed by atoms with van der Waals surface area (Å²) in [6.45, 7) is 0. The maximum atomic E-state index is 11.8. The number of ketones is 1. The second kappa shape index (κ2) is 13.9. The Labute approximate surface area is 201 Å². The molecule has 5 heteroatoms. The van der Waals surface area contributed by atoms with Crippen molar-refractivity contribution < 1.29 is 128 Å².